The zero-order chi connectivity index (χ0) is 36.0. The van der Waals surface area contributed by atoms with E-state index in [9.17, 15) is 15.3 Å². The predicted molar refractivity (Wildman–Crippen MR) is 202 cm³/mol. The van der Waals surface area contributed by atoms with Crippen molar-refractivity contribution in [1.29, 1.82) is 0 Å². The number of aromatic nitrogens is 3. The molecule has 0 aliphatic carbocycles. The summed E-state index contributed by atoms with van der Waals surface area (Å²) in [6.07, 6.45) is 14.2. The Labute approximate surface area is 299 Å². The molecular formula is C42H57N3O5. The lowest BCUT2D eigenvalue weighted by atomic mass is 9.98. The summed E-state index contributed by atoms with van der Waals surface area (Å²) in [5.41, 5.74) is 4.32. The van der Waals surface area contributed by atoms with Gasteiger partial charge in [-0.05, 0) is 87.9 Å². The monoisotopic (exact) mass is 683 g/mol. The number of aryl methyl sites for hydroxylation is 1. The fourth-order valence-corrected chi connectivity index (χ4v) is 6.13. The van der Waals surface area contributed by atoms with E-state index in [2.05, 4.69) is 20.8 Å². The van der Waals surface area contributed by atoms with Crippen LogP contribution in [-0.4, -0.2) is 43.5 Å². The van der Waals surface area contributed by atoms with E-state index in [4.69, 9.17) is 24.4 Å². The van der Waals surface area contributed by atoms with Crippen LogP contribution in [0.4, 0.5) is 0 Å². The van der Waals surface area contributed by atoms with Gasteiger partial charge in [0, 0.05) is 11.1 Å². The number of hydrogen-bond donors (Lipinski definition) is 3. The van der Waals surface area contributed by atoms with E-state index >= 15 is 0 Å². The molecule has 0 radical (unpaired) electrons. The van der Waals surface area contributed by atoms with Gasteiger partial charge >= 0.3 is 0 Å². The minimum absolute atomic E-state index is 0.00853. The van der Waals surface area contributed by atoms with Crippen molar-refractivity contribution in [3.8, 4) is 62.9 Å². The fraction of sp³-hybridized carbons (Fsp3) is 0.500. The number of unbranched alkanes of at least 4 members (excludes halogenated alkanes) is 9. The Hall–Kier alpha value is -4.33. The van der Waals surface area contributed by atoms with Crippen molar-refractivity contribution in [2.24, 2.45) is 0 Å². The lowest BCUT2D eigenvalue weighted by Gasteiger charge is -2.16. The molecule has 8 nitrogen and oxygen atoms in total. The third-order valence-electron chi connectivity index (χ3n) is 9.47. The molecule has 50 heavy (non-hydrogen) atoms. The van der Waals surface area contributed by atoms with Gasteiger partial charge in [-0.2, -0.15) is 0 Å². The van der Waals surface area contributed by atoms with Crippen LogP contribution < -0.4 is 9.47 Å². The summed E-state index contributed by atoms with van der Waals surface area (Å²) < 4.78 is 12.0. The van der Waals surface area contributed by atoms with E-state index in [1.54, 1.807) is 12.1 Å². The summed E-state index contributed by atoms with van der Waals surface area (Å²) in [5.74, 6) is 2.02. The second kappa shape index (κ2) is 19.2. The molecule has 0 aliphatic heterocycles. The molecule has 4 rings (SSSR count). The normalized spacial score (nSPS) is 11.2. The number of phenolic OH excluding ortho intramolecular Hbond substituents is 3. The molecule has 270 valence electrons. The summed E-state index contributed by atoms with van der Waals surface area (Å²) in [7, 11) is 0. The maximum atomic E-state index is 11.5. The standard InChI is InChI=1S/C42H57N3O5/c1-7-10-13-16-19-31-20-21-32(37(46)28(31)4)40-43-41(33-22-24-35(29(5)38(33)47)49-26-17-14-11-8-2)45-42(44-40)34-23-25-36(30(6)39(34)48)50-27-18-15-12-9-3/h20-25,46-48H,7-19,26-27H2,1-6H3. The smallest absolute Gasteiger partial charge is 0.167 e. The molecule has 3 aromatic carbocycles. The van der Waals surface area contributed by atoms with Crippen LogP contribution in [0, 0.1) is 20.8 Å². The van der Waals surface area contributed by atoms with Crippen molar-refractivity contribution in [1.82, 2.24) is 15.0 Å². The third-order valence-corrected chi connectivity index (χ3v) is 9.47. The lowest BCUT2D eigenvalue weighted by molar-refractivity contribution is 0.301. The Balaban J connectivity index is 1.76. The topological polar surface area (TPSA) is 118 Å². The van der Waals surface area contributed by atoms with Crippen LogP contribution in [0.25, 0.3) is 34.2 Å². The van der Waals surface area contributed by atoms with Gasteiger partial charge in [0.15, 0.2) is 17.5 Å². The van der Waals surface area contributed by atoms with Gasteiger partial charge in [-0.3, -0.25) is 0 Å². The number of phenols is 3. The zero-order valence-electron chi connectivity index (χ0n) is 31.1. The van der Waals surface area contributed by atoms with Gasteiger partial charge in [0.2, 0.25) is 0 Å². The Kier molecular flexibility index (Phi) is 14.7. The highest BCUT2D eigenvalue weighted by Crippen LogP contribution is 2.41. The van der Waals surface area contributed by atoms with Gasteiger partial charge in [-0.1, -0.05) is 84.6 Å². The molecule has 8 heteroatoms. The summed E-state index contributed by atoms with van der Waals surface area (Å²) in [5, 5.41) is 34.3. The van der Waals surface area contributed by atoms with Gasteiger partial charge < -0.3 is 24.8 Å². The summed E-state index contributed by atoms with van der Waals surface area (Å²) in [6, 6.07) is 11.0. The van der Waals surface area contributed by atoms with Crippen molar-refractivity contribution >= 4 is 0 Å². The maximum Gasteiger partial charge on any atom is 0.167 e. The molecule has 0 amide bonds. The molecule has 3 N–H and O–H groups in total. The Morgan fingerprint density at radius 3 is 1.26 bits per heavy atom. The second-order valence-corrected chi connectivity index (χ2v) is 13.4. The first kappa shape index (κ1) is 38.5. The van der Waals surface area contributed by atoms with Crippen LogP contribution in [0.15, 0.2) is 36.4 Å². The largest absolute Gasteiger partial charge is 0.507 e. The molecule has 1 aromatic heterocycles. The Bertz CT molecular complexity index is 1620. The van der Waals surface area contributed by atoms with Gasteiger partial charge in [0.25, 0.3) is 0 Å². The fourth-order valence-electron chi connectivity index (χ4n) is 6.13. The van der Waals surface area contributed by atoms with E-state index in [1.807, 2.05) is 45.0 Å². The van der Waals surface area contributed by atoms with E-state index in [-0.39, 0.29) is 34.7 Å². The molecule has 1 heterocycles. The SMILES string of the molecule is CCCCCCOc1ccc(-c2nc(-c3ccc(CCCCCC)c(C)c3O)nc(-c3ccc(OCCCCCC)c(C)c3O)n2)c(O)c1C. The Morgan fingerprint density at radius 2 is 0.840 bits per heavy atom. The van der Waals surface area contributed by atoms with Crippen molar-refractivity contribution in [3.63, 3.8) is 0 Å². The van der Waals surface area contributed by atoms with Crippen LogP contribution in [-0.2, 0) is 6.42 Å². The van der Waals surface area contributed by atoms with E-state index in [1.165, 1.54) is 12.8 Å². The number of ether oxygens (including phenoxy) is 2. The highest BCUT2D eigenvalue weighted by Gasteiger charge is 2.22. The summed E-state index contributed by atoms with van der Waals surface area (Å²) in [4.78, 5) is 14.4. The molecule has 0 fully saturated rings. The van der Waals surface area contributed by atoms with Gasteiger partial charge in [0.05, 0.1) is 29.9 Å². The minimum Gasteiger partial charge on any atom is -0.507 e. The molecule has 4 aromatic rings. The quantitative estimate of drug-likeness (QED) is 0.0788. The van der Waals surface area contributed by atoms with Crippen molar-refractivity contribution in [2.45, 2.75) is 125 Å². The molecule has 0 atom stereocenters. The van der Waals surface area contributed by atoms with Gasteiger partial charge in [0.1, 0.15) is 28.7 Å². The number of nitrogens with zero attached hydrogens (tertiary/aromatic N) is 3. The van der Waals surface area contributed by atoms with Crippen LogP contribution in [0.5, 0.6) is 28.7 Å². The van der Waals surface area contributed by atoms with E-state index in [0.717, 1.165) is 81.8 Å². The van der Waals surface area contributed by atoms with Crippen molar-refractivity contribution in [3.05, 3.63) is 58.7 Å². The number of hydrogen-bond acceptors (Lipinski definition) is 8. The average Bonchev–Trinajstić information content (AvgIpc) is 3.11. The van der Waals surface area contributed by atoms with E-state index in [0.29, 0.717) is 52.5 Å². The summed E-state index contributed by atoms with van der Waals surface area (Å²) >= 11 is 0. The van der Waals surface area contributed by atoms with Gasteiger partial charge in [-0.25, -0.2) is 15.0 Å². The molecule has 0 bridgehead atoms. The van der Waals surface area contributed by atoms with Crippen molar-refractivity contribution < 1.29 is 24.8 Å². The number of benzene rings is 3. The average molecular weight is 684 g/mol. The van der Waals surface area contributed by atoms with Crippen LogP contribution >= 0.6 is 0 Å². The minimum atomic E-state index is 0.00853. The molecule has 0 saturated heterocycles. The molecule has 0 saturated carbocycles. The lowest BCUT2D eigenvalue weighted by Crippen LogP contribution is -2.04. The second-order valence-electron chi connectivity index (χ2n) is 13.4. The highest BCUT2D eigenvalue weighted by molar-refractivity contribution is 5.76. The first-order valence-corrected chi connectivity index (χ1v) is 18.7. The zero-order valence-corrected chi connectivity index (χ0v) is 31.1. The van der Waals surface area contributed by atoms with Crippen molar-refractivity contribution in [2.75, 3.05) is 13.2 Å². The van der Waals surface area contributed by atoms with Gasteiger partial charge in [-0.15, -0.1) is 0 Å². The van der Waals surface area contributed by atoms with E-state index < -0.39 is 0 Å². The molecule has 0 aliphatic rings. The highest BCUT2D eigenvalue weighted by atomic mass is 16.5. The molecule has 0 spiro atoms. The van der Waals surface area contributed by atoms with Crippen LogP contribution in [0.1, 0.15) is 120 Å². The molecule has 0 unspecified atom stereocenters. The number of rotatable bonds is 20. The molecular weight excluding hydrogens is 626 g/mol. The number of aromatic hydroxyl groups is 3. The first-order chi connectivity index (χ1) is 24.2. The predicted octanol–water partition coefficient (Wildman–Crippen LogP) is 11.0. The van der Waals surface area contributed by atoms with Crippen LogP contribution in [0.2, 0.25) is 0 Å². The first-order valence-electron chi connectivity index (χ1n) is 18.7. The Morgan fingerprint density at radius 1 is 0.460 bits per heavy atom. The maximum absolute atomic E-state index is 11.5. The van der Waals surface area contributed by atoms with Crippen LogP contribution in [0.3, 0.4) is 0 Å². The summed E-state index contributed by atoms with van der Waals surface area (Å²) in [6.45, 7) is 13.2. The third kappa shape index (κ3) is 9.67.